The van der Waals surface area contributed by atoms with E-state index in [1.165, 1.54) is 36.4 Å². The van der Waals surface area contributed by atoms with E-state index in [1.54, 1.807) is 0 Å². The van der Waals surface area contributed by atoms with E-state index in [2.05, 4.69) is 5.32 Å². The lowest BCUT2D eigenvalue weighted by molar-refractivity contribution is -0.384. The van der Waals surface area contributed by atoms with E-state index >= 15 is 0 Å². The van der Waals surface area contributed by atoms with Crippen LogP contribution in [0.5, 0.6) is 0 Å². The van der Waals surface area contributed by atoms with Crippen molar-refractivity contribution < 1.29 is 14.6 Å². The number of hydrogen-bond donors (Lipinski definition) is 2. The van der Waals surface area contributed by atoms with Gasteiger partial charge in [-0.2, -0.15) is 0 Å². The molecule has 22 heavy (non-hydrogen) atoms. The first kappa shape index (κ1) is 14.9. The van der Waals surface area contributed by atoms with Gasteiger partial charge in [0.2, 0.25) is 0 Å². The molecule has 2 aromatic rings. The molecule has 2 rings (SSSR count). The highest BCUT2D eigenvalue weighted by atomic mass is 16.6. The standard InChI is InChI=1S/C13H10N4O5/c14-9-3-6-11(12(7-9)17(21)22)15-13(18)8-1-4-10(5-2-8)16(19)20/h1-7H,14H2,(H,15,18). The highest BCUT2D eigenvalue weighted by molar-refractivity contribution is 6.05. The molecule has 1 amide bonds. The molecule has 0 bridgehead atoms. The van der Waals surface area contributed by atoms with Gasteiger partial charge in [0, 0.05) is 29.4 Å². The number of nitrogen functional groups attached to an aromatic ring is 1. The van der Waals surface area contributed by atoms with Crippen LogP contribution in [0.25, 0.3) is 0 Å². The predicted octanol–water partition coefficient (Wildman–Crippen LogP) is 2.34. The molecule has 3 N–H and O–H groups in total. The summed E-state index contributed by atoms with van der Waals surface area (Å²) in [5, 5.41) is 23.9. The van der Waals surface area contributed by atoms with Crippen molar-refractivity contribution in [1.29, 1.82) is 0 Å². The third-order valence-electron chi connectivity index (χ3n) is 2.81. The van der Waals surface area contributed by atoms with E-state index in [-0.39, 0.29) is 28.3 Å². The quantitative estimate of drug-likeness (QED) is 0.504. The Hall–Kier alpha value is -3.49. The maximum Gasteiger partial charge on any atom is 0.294 e. The van der Waals surface area contributed by atoms with Crippen molar-refractivity contribution >= 4 is 28.7 Å². The molecule has 0 heterocycles. The molecular weight excluding hydrogens is 292 g/mol. The summed E-state index contributed by atoms with van der Waals surface area (Å²) < 4.78 is 0. The molecule has 9 nitrogen and oxygen atoms in total. The number of rotatable bonds is 4. The van der Waals surface area contributed by atoms with Crippen LogP contribution >= 0.6 is 0 Å². The van der Waals surface area contributed by atoms with Crippen molar-refractivity contribution in [2.24, 2.45) is 0 Å². The highest BCUT2D eigenvalue weighted by Gasteiger charge is 2.17. The van der Waals surface area contributed by atoms with Crippen molar-refractivity contribution in [3.05, 3.63) is 68.3 Å². The molecule has 0 spiro atoms. The van der Waals surface area contributed by atoms with Crippen LogP contribution in [0.4, 0.5) is 22.7 Å². The number of anilines is 2. The Labute approximate surface area is 123 Å². The van der Waals surface area contributed by atoms with Gasteiger partial charge in [0.1, 0.15) is 5.69 Å². The molecule has 0 aliphatic heterocycles. The Morgan fingerprint density at radius 3 is 2.18 bits per heavy atom. The van der Waals surface area contributed by atoms with Gasteiger partial charge in [0.25, 0.3) is 17.3 Å². The van der Waals surface area contributed by atoms with Crippen LogP contribution in [0, 0.1) is 20.2 Å². The van der Waals surface area contributed by atoms with E-state index in [0.717, 1.165) is 6.07 Å². The zero-order valence-corrected chi connectivity index (χ0v) is 11.1. The fourth-order valence-corrected chi connectivity index (χ4v) is 1.73. The first-order valence-electron chi connectivity index (χ1n) is 5.98. The van der Waals surface area contributed by atoms with E-state index < -0.39 is 15.8 Å². The largest absolute Gasteiger partial charge is 0.399 e. The average molecular weight is 302 g/mol. The minimum absolute atomic E-state index is 0.0115. The second-order valence-corrected chi connectivity index (χ2v) is 4.29. The molecular formula is C13H10N4O5. The molecule has 0 aromatic heterocycles. The van der Waals surface area contributed by atoms with Crippen molar-refractivity contribution in [2.75, 3.05) is 11.1 Å². The highest BCUT2D eigenvalue weighted by Crippen LogP contribution is 2.27. The second-order valence-electron chi connectivity index (χ2n) is 4.29. The SMILES string of the molecule is Nc1ccc(NC(=O)c2ccc([N+](=O)[O-])cc2)c([N+](=O)[O-])c1. The molecule has 9 heteroatoms. The number of amides is 1. The Bertz CT molecular complexity index is 758. The van der Waals surface area contributed by atoms with Crippen LogP contribution in [0.1, 0.15) is 10.4 Å². The van der Waals surface area contributed by atoms with E-state index in [0.29, 0.717) is 0 Å². The molecule has 0 atom stereocenters. The number of nitrogens with two attached hydrogens (primary N) is 1. The first-order chi connectivity index (χ1) is 10.4. The molecule has 0 fully saturated rings. The predicted molar refractivity (Wildman–Crippen MR) is 78.6 cm³/mol. The fourth-order valence-electron chi connectivity index (χ4n) is 1.73. The number of nitro groups is 2. The fraction of sp³-hybridized carbons (Fsp3) is 0. The summed E-state index contributed by atoms with van der Waals surface area (Å²) in [5.41, 5.74) is 5.29. The number of benzene rings is 2. The third-order valence-corrected chi connectivity index (χ3v) is 2.81. The summed E-state index contributed by atoms with van der Waals surface area (Å²) in [4.78, 5) is 32.2. The molecule has 0 aliphatic rings. The van der Waals surface area contributed by atoms with Crippen molar-refractivity contribution in [2.45, 2.75) is 0 Å². The molecule has 0 aliphatic carbocycles. The van der Waals surface area contributed by atoms with Gasteiger partial charge in [-0.1, -0.05) is 0 Å². The summed E-state index contributed by atoms with van der Waals surface area (Å²) in [6, 6.07) is 8.73. The summed E-state index contributed by atoms with van der Waals surface area (Å²) in [6.07, 6.45) is 0. The molecule has 0 saturated heterocycles. The Morgan fingerprint density at radius 1 is 1.00 bits per heavy atom. The monoisotopic (exact) mass is 302 g/mol. The number of carbonyl (C=O) groups excluding carboxylic acids is 1. The third kappa shape index (κ3) is 3.15. The lowest BCUT2D eigenvalue weighted by Crippen LogP contribution is -2.13. The number of nitrogens with one attached hydrogen (secondary N) is 1. The summed E-state index contributed by atoms with van der Waals surface area (Å²) in [5.74, 6) is -0.622. The molecule has 0 saturated carbocycles. The van der Waals surface area contributed by atoms with Gasteiger partial charge in [-0.15, -0.1) is 0 Å². The average Bonchev–Trinajstić information content (AvgIpc) is 2.48. The number of hydrogen-bond acceptors (Lipinski definition) is 6. The number of nitrogens with zero attached hydrogens (tertiary/aromatic N) is 2. The zero-order chi connectivity index (χ0) is 16.3. The molecule has 0 radical (unpaired) electrons. The lowest BCUT2D eigenvalue weighted by atomic mass is 10.2. The Balaban J connectivity index is 2.25. The minimum atomic E-state index is -0.665. The van der Waals surface area contributed by atoms with Crippen LogP contribution < -0.4 is 11.1 Å². The van der Waals surface area contributed by atoms with E-state index in [9.17, 15) is 25.0 Å². The summed E-state index contributed by atoms with van der Waals surface area (Å²) in [6.45, 7) is 0. The van der Waals surface area contributed by atoms with E-state index in [4.69, 9.17) is 5.73 Å². The topological polar surface area (TPSA) is 141 Å². The molecule has 2 aromatic carbocycles. The lowest BCUT2D eigenvalue weighted by Gasteiger charge is -2.06. The van der Waals surface area contributed by atoms with Gasteiger partial charge >= 0.3 is 0 Å². The van der Waals surface area contributed by atoms with Crippen LogP contribution in [-0.4, -0.2) is 15.8 Å². The van der Waals surface area contributed by atoms with Gasteiger partial charge in [0.15, 0.2) is 0 Å². The maximum absolute atomic E-state index is 12.0. The van der Waals surface area contributed by atoms with E-state index in [1.807, 2.05) is 0 Å². The van der Waals surface area contributed by atoms with Gasteiger partial charge in [-0.3, -0.25) is 25.0 Å². The van der Waals surface area contributed by atoms with Crippen molar-refractivity contribution in [1.82, 2.24) is 0 Å². The summed E-state index contributed by atoms with van der Waals surface area (Å²) >= 11 is 0. The summed E-state index contributed by atoms with van der Waals surface area (Å²) in [7, 11) is 0. The normalized spacial score (nSPS) is 10.0. The number of carbonyl (C=O) groups is 1. The molecule has 112 valence electrons. The van der Waals surface area contributed by atoms with Gasteiger partial charge in [-0.05, 0) is 24.3 Å². The van der Waals surface area contributed by atoms with Crippen LogP contribution in [-0.2, 0) is 0 Å². The molecule has 0 unspecified atom stereocenters. The minimum Gasteiger partial charge on any atom is -0.399 e. The Kier molecular flexibility index (Phi) is 3.98. The van der Waals surface area contributed by atoms with Gasteiger partial charge in [-0.25, -0.2) is 0 Å². The van der Waals surface area contributed by atoms with Crippen LogP contribution in [0.15, 0.2) is 42.5 Å². The smallest absolute Gasteiger partial charge is 0.294 e. The number of non-ortho nitro benzene ring substituents is 1. The van der Waals surface area contributed by atoms with Crippen molar-refractivity contribution in [3.8, 4) is 0 Å². The number of nitro benzene ring substituents is 2. The zero-order valence-electron chi connectivity index (χ0n) is 11.1. The van der Waals surface area contributed by atoms with Crippen LogP contribution in [0.2, 0.25) is 0 Å². The van der Waals surface area contributed by atoms with Crippen molar-refractivity contribution in [3.63, 3.8) is 0 Å². The second kappa shape index (κ2) is 5.87. The van der Waals surface area contributed by atoms with Gasteiger partial charge in [0.05, 0.1) is 9.85 Å². The van der Waals surface area contributed by atoms with Crippen LogP contribution in [0.3, 0.4) is 0 Å². The maximum atomic E-state index is 12.0. The first-order valence-corrected chi connectivity index (χ1v) is 5.98. The van der Waals surface area contributed by atoms with Gasteiger partial charge < -0.3 is 11.1 Å². The Morgan fingerprint density at radius 2 is 1.64 bits per heavy atom.